The smallest absolute Gasteiger partial charge is 0.308 e. The lowest BCUT2D eigenvalue weighted by Gasteiger charge is -1.97. The van der Waals surface area contributed by atoms with Gasteiger partial charge < -0.3 is 12.4 Å². The monoisotopic (exact) mass is 248 g/mol. The summed E-state index contributed by atoms with van der Waals surface area (Å²) in [4.78, 5) is 0. The summed E-state index contributed by atoms with van der Waals surface area (Å²) in [5.41, 5.74) is 0. The van der Waals surface area contributed by atoms with Gasteiger partial charge in [-0.25, -0.2) is 0 Å². The molecule has 0 aliphatic carbocycles. The van der Waals surface area contributed by atoms with E-state index in [1.54, 1.807) is 11.7 Å². The van der Waals surface area contributed by atoms with Crippen LogP contribution in [0.3, 0.4) is 0 Å². The maximum atomic E-state index is 6.04. The van der Waals surface area contributed by atoms with Crippen LogP contribution >= 0.6 is 23.2 Å². The molecular formula is C9H7Cl3N2. The van der Waals surface area contributed by atoms with Crippen molar-refractivity contribution >= 4 is 34.0 Å². The predicted molar refractivity (Wildman–Crippen MR) is 52.9 cm³/mol. The average Bonchev–Trinajstić information content (AvgIpc) is 2.15. The molecule has 0 atom stereocenters. The molecular weight excluding hydrogens is 242 g/mol. The molecule has 0 amide bonds. The summed E-state index contributed by atoms with van der Waals surface area (Å²) in [6, 6.07) is 7.65. The van der Waals surface area contributed by atoms with Crippen molar-refractivity contribution in [3.63, 3.8) is 0 Å². The first-order chi connectivity index (χ1) is 6.20. The molecule has 2 rings (SSSR count). The van der Waals surface area contributed by atoms with Crippen molar-refractivity contribution in [2.75, 3.05) is 0 Å². The van der Waals surface area contributed by atoms with Crippen LogP contribution in [0.5, 0.6) is 0 Å². The van der Waals surface area contributed by atoms with Gasteiger partial charge in [0.2, 0.25) is 5.15 Å². The lowest BCUT2D eigenvalue weighted by atomic mass is 10.2. The van der Waals surface area contributed by atoms with Crippen LogP contribution in [-0.4, -0.2) is 5.10 Å². The Labute approximate surface area is 97.9 Å². The fourth-order valence-electron chi connectivity index (χ4n) is 1.25. The summed E-state index contributed by atoms with van der Waals surface area (Å²) < 4.78 is 1.56. The van der Waals surface area contributed by atoms with Crippen LogP contribution in [-0.2, 0) is 7.05 Å². The minimum Gasteiger partial charge on any atom is -1.00 e. The van der Waals surface area contributed by atoms with Gasteiger partial charge in [-0.1, -0.05) is 34.5 Å². The van der Waals surface area contributed by atoms with Gasteiger partial charge in [0.05, 0.1) is 5.39 Å². The van der Waals surface area contributed by atoms with E-state index in [9.17, 15) is 0 Å². The Kier molecular flexibility index (Phi) is 3.53. The first-order valence-corrected chi connectivity index (χ1v) is 4.56. The highest BCUT2D eigenvalue weighted by molar-refractivity contribution is 6.37. The Bertz CT molecular complexity index is 471. The van der Waals surface area contributed by atoms with Gasteiger partial charge in [0.1, 0.15) is 0 Å². The maximum Gasteiger partial charge on any atom is 0.308 e. The molecule has 0 unspecified atom stereocenters. The average molecular weight is 250 g/mol. The first kappa shape index (κ1) is 11.5. The fraction of sp³-hybridized carbons (Fsp3) is 0.111. The number of hydrogen-bond donors (Lipinski definition) is 0. The maximum absolute atomic E-state index is 6.04. The molecule has 0 saturated heterocycles. The zero-order chi connectivity index (χ0) is 9.42. The highest BCUT2D eigenvalue weighted by Crippen LogP contribution is 2.23. The third-order valence-corrected chi connectivity index (χ3v) is 2.62. The Morgan fingerprint density at radius 1 is 1.14 bits per heavy atom. The summed E-state index contributed by atoms with van der Waals surface area (Å²) in [6.45, 7) is 0. The number of fused-ring (bicyclic) bond motifs is 1. The van der Waals surface area contributed by atoms with Gasteiger partial charge in [0.15, 0.2) is 7.05 Å². The van der Waals surface area contributed by atoms with Gasteiger partial charge in [-0.15, -0.1) is 0 Å². The quantitative estimate of drug-likeness (QED) is 0.568. The zero-order valence-corrected chi connectivity index (χ0v) is 9.61. The Morgan fingerprint density at radius 3 is 2.36 bits per heavy atom. The molecule has 5 heteroatoms. The highest BCUT2D eigenvalue weighted by atomic mass is 35.5. The minimum absolute atomic E-state index is 0. The predicted octanol–water partition coefficient (Wildman–Crippen LogP) is -0.630. The molecule has 0 aliphatic rings. The van der Waals surface area contributed by atoms with Crippen molar-refractivity contribution < 1.29 is 17.1 Å². The number of aryl methyl sites for hydroxylation is 1. The van der Waals surface area contributed by atoms with Crippen LogP contribution in [0.25, 0.3) is 10.8 Å². The highest BCUT2D eigenvalue weighted by Gasteiger charge is 2.14. The second-order valence-electron chi connectivity index (χ2n) is 2.75. The number of hydrogen-bond acceptors (Lipinski definition) is 1. The van der Waals surface area contributed by atoms with Gasteiger partial charge >= 0.3 is 5.15 Å². The Balaban J connectivity index is 0.000000980. The van der Waals surface area contributed by atoms with E-state index in [0.717, 1.165) is 10.8 Å². The van der Waals surface area contributed by atoms with E-state index in [-0.39, 0.29) is 12.4 Å². The molecule has 2 aromatic rings. The zero-order valence-electron chi connectivity index (χ0n) is 7.34. The van der Waals surface area contributed by atoms with Crippen molar-refractivity contribution in [1.82, 2.24) is 5.10 Å². The van der Waals surface area contributed by atoms with E-state index < -0.39 is 0 Å². The van der Waals surface area contributed by atoms with E-state index in [1.165, 1.54) is 0 Å². The SMILES string of the molecule is C[n+]1nc(Cl)c2ccccc2c1Cl.[Cl-]. The summed E-state index contributed by atoms with van der Waals surface area (Å²) in [7, 11) is 1.76. The topological polar surface area (TPSA) is 16.8 Å². The van der Waals surface area contributed by atoms with E-state index in [2.05, 4.69) is 5.10 Å². The third-order valence-electron chi connectivity index (χ3n) is 1.89. The number of benzene rings is 1. The van der Waals surface area contributed by atoms with Gasteiger partial charge in [-0.2, -0.15) is 0 Å². The summed E-state index contributed by atoms with van der Waals surface area (Å²) >= 11 is 12.0. The molecule has 14 heavy (non-hydrogen) atoms. The molecule has 0 saturated carbocycles. The molecule has 1 aromatic heterocycles. The summed E-state index contributed by atoms with van der Waals surface area (Å²) in [5, 5.41) is 6.93. The molecule has 0 N–H and O–H groups in total. The van der Waals surface area contributed by atoms with Crippen LogP contribution in [0.4, 0.5) is 0 Å². The Morgan fingerprint density at radius 2 is 1.71 bits per heavy atom. The number of nitrogens with zero attached hydrogens (tertiary/aromatic N) is 2. The van der Waals surface area contributed by atoms with Crippen molar-refractivity contribution in [2.24, 2.45) is 7.05 Å². The van der Waals surface area contributed by atoms with Crippen LogP contribution in [0, 0.1) is 0 Å². The van der Waals surface area contributed by atoms with E-state index >= 15 is 0 Å². The van der Waals surface area contributed by atoms with E-state index in [0.29, 0.717) is 10.3 Å². The lowest BCUT2D eigenvalue weighted by Crippen LogP contribution is -3.00. The van der Waals surface area contributed by atoms with Crippen LogP contribution < -0.4 is 17.1 Å². The summed E-state index contributed by atoms with van der Waals surface area (Å²) in [5.74, 6) is 0. The number of rotatable bonds is 0. The first-order valence-electron chi connectivity index (χ1n) is 3.80. The Hall–Kier alpha value is -0.570. The summed E-state index contributed by atoms with van der Waals surface area (Å²) in [6.07, 6.45) is 0. The van der Waals surface area contributed by atoms with Crippen molar-refractivity contribution in [3.8, 4) is 0 Å². The van der Waals surface area contributed by atoms with Crippen LogP contribution in [0.2, 0.25) is 10.3 Å². The molecule has 0 bridgehead atoms. The van der Waals surface area contributed by atoms with Gasteiger partial charge in [0, 0.05) is 10.5 Å². The largest absolute Gasteiger partial charge is 1.00 e. The fourth-order valence-corrected chi connectivity index (χ4v) is 1.73. The van der Waals surface area contributed by atoms with Gasteiger partial charge in [-0.05, 0) is 17.7 Å². The van der Waals surface area contributed by atoms with Gasteiger partial charge in [0.25, 0.3) is 0 Å². The molecule has 0 fully saturated rings. The molecule has 1 aromatic carbocycles. The lowest BCUT2D eigenvalue weighted by molar-refractivity contribution is -0.727. The number of aromatic nitrogens is 2. The van der Waals surface area contributed by atoms with E-state index in [1.807, 2.05) is 24.3 Å². The number of halogens is 3. The van der Waals surface area contributed by atoms with Crippen LogP contribution in [0.1, 0.15) is 0 Å². The van der Waals surface area contributed by atoms with Gasteiger partial charge in [-0.3, -0.25) is 0 Å². The van der Waals surface area contributed by atoms with Crippen molar-refractivity contribution in [2.45, 2.75) is 0 Å². The second-order valence-corrected chi connectivity index (χ2v) is 3.47. The molecule has 74 valence electrons. The molecule has 0 spiro atoms. The molecule has 0 radical (unpaired) electrons. The van der Waals surface area contributed by atoms with Crippen molar-refractivity contribution in [1.29, 1.82) is 0 Å². The standard InChI is InChI=1S/C9H7Cl2N2.ClH/c1-13-9(11)7-5-3-2-4-6(7)8(10)12-13;/h2-5H,1H3;1H/q+1;/p-1. The molecule has 2 nitrogen and oxygen atoms in total. The van der Waals surface area contributed by atoms with Crippen molar-refractivity contribution in [3.05, 3.63) is 34.6 Å². The normalized spacial score (nSPS) is 9.93. The van der Waals surface area contributed by atoms with E-state index in [4.69, 9.17) is 23.2 Å². The van der Waals surface area contributed by atoms with Crippen LogP contribution in [0.15, 0.2) is 24.3 Å². The molecule has 0 aliphatic heterocycles. The molecule has 1 heterocycles. The minimum atomic E-state index is 0. The second kappa shape index (κ2) is 4.30. The third kappa shape index (κ3) is 1.78.